The number of aryl methyl sites for hydroxylation is 1. The number of nitrogens with zero attached hydrogens (tertiary/aromatic N) is 3. The minimum atomic E-state index is 0.795. The van der Waals surface area contributed by atoms with Gasteiger partial charge in [-0.3, -0.25) is 9.67 Å². The lowest BCUT2D eigenvalue weighted by Gasteiger charge is -2.03. The Bertz CT molecular complexity index is 462. The summed E-state index contributed by atoms with van der Waals surface area (Å²) in [5.74, 6) is 0. The van der Waals surface area contributed by atoms with Crippen molar-refractivity contribution in [3.8, 4) is 0 Å². The Balaban J connectivity index is 2.29. The van der Waals surface area contributed by atoms with Crippen LogP contribution in [-0.2, 0) is 6.54 Å². The normalized spacial score (nSPS) is 10.6. The largest absolute Gasteiger partial charge is 0.264 e. The Morgan fingerprint density at radius 3 is 2.73 bits per heavy atom. The van der Waals surface area contributed by atoms with Crippen molar-refractivity contribution in [1.29, 1.82) is 0 Å². The molecule has 0 atom stereocenters. The number of halogens is 1. The Morgan fingerprint density at radius 1 is 1.40 bits per heavy atom. The van der Waals surface area contributed by atoms with Gasteiger partial charge in [0.2, 0.25) is 0 Å². The van der Waals surface area contributed by atoms with Gasteiger partial charge in [0.15, 0.2) is 0 Å². The fraction of sp³-hybridized carbons (Fsp3) is 0.273. The molecule has 0 aliphatic rings. The molecule has 2 heterocycles. The second kappa shape index (κ2) is 4.30. The molecule has 0 aliphatic heterocycles. The first-order chi connectivity index (χ1) is 7.18. The summed E-state index contributed by atoms with van der Waals surface area (Å²) in [6.45, 7) is 4.93. The highest BCUT2D eigenvalue weighted by atomic mass is 127. The highest BCUT2D eigenvalue weighted by molar-refractivity contribution is 14.1. The van der Waals surface area contributed by atoms with Crippen LogP contribution in [0.25, 0.3) is 0 Å². The van der Waals surface area contributed by atoms with E-state index >= 15 is 0 Å². The van der Waals surface area contributed by atoms with E-state index in [-0.39, 0.29) is 0 Å². The second-order valence-electron chi connectivity index (χ2n) is 3.50. The minimum Gasteiger partial charge on any atom is -0.264 e. The van der Waals surface area contributed by atoms with Gasteiger partial charge >= 0.3 is 0 Å². The van der Waals surface area contributed by atoms with E-state index in [1.54, 1.807) is 6.20 Å². The number of rotatable bonds is 2. The molecular weight excluding hydrogens is 301 g/mol. The van der Waals surface area contributed by atoms with Gasteiger partial charge in [-0.25, -0.2) is 0 Å². The zero-order chi connectivity index (χ0) is 10.8. The standard InChI is InChI=1S/C11H12IN3/c1-8-11(12)9(2)15(14-8)7-10-4-3-5-13-6-10/h3-6H,7H2,1-2H3. The summed E-state index contributed by atoms with van der Waals surface area (Å²) in [5.41, 5.74) is 3.49. The molecule has 2 rings (SSSR count). The molecule has 0 unspecified atom stereocenters. The maximum atomic E-state index is 4.49. The molecule has 0 radical (unpaired) electrons. The van der Waals surface area contributed by atoms with Crippen LogP contribution in [0.4, 0.5) is 0 Å². The van der Waals surface area contributed by atoms with Gasteiger partial charge < -0.3 is 0 Å². The zero-order valence-corrected chi connectivity index (χ0v) is 10.9. The molecule has 2 aromatic heterocycles. The third-order valence-electron chi connectivity index (χ3n) is 2.35. The lowest BCUT2D eigenvalue weighted by molar-refractivity contribution is 0.657. The van der Waals surface area contributed by atoms with Crippen LogP contribution in [0.5, 0.6) is 0 Å². The van der Waals surface area contributed by atoms with Crippen molar-refractivity contribution >= 4 is 22.6 Å². The number of aromatic nitrogens is 3. The predicted molar refractivity (Wildman–Crippen MR) is 67.8 cm³/mol. The minimum absolute atomic E-state index is 0.795. The van der Waals surface area contributed by atoms with E-state index in [9.17, 15) is 0 Å². The first-order valence-corrected chi connectivity index (χ1v) is 5.85. The SMILES string of the molecule is Cc1nn(Cc2cccnc2)c(C)c1I. The van der Waals surface area contributed by atoms with E-state index in [2.05, 4.69) is 45.7 Å². The van der Waals surface area contributed by atoms with E-state index in [0.29, 0.717) is 0 Å². The van der Waals surface area contributed by atoms with Crippen molar-refractivity contribution in [3.63, 3.8) is 0 Å². The van der Waals surface area contributed by atoms with Gasteiger partial charge in [-0.1, -0.05) is 6.07 Å². The van der Waals surface area contributed by atoms with Crippen LogP contribution in [-0.4, -0.2) is 14.8 Å². The average Bonchev–Trinajstić information content (AvgIpc) is 2.48. The van der Waals surface area contributed by atoms with Crippen LogP contribution in [0, 0.1) is 17.4 Å². The maximum absolute atomic E-state index is 4.49. The fourth-order valence-corrected chi connectivity index (χ4v) is 1.88. The molecule has 4 heteroatoms. The quantitative estimate of drug-likeness (QED) is 0.798. The van der Waals surface area contributed by atoms with E-state index < -0.39 is 0 Å². The molecule has 0 bridgehead atoms. The fourth-order valence-electron chi connectivity index (χ4n) is 1.49. The average molecular weight is 313 g/mol. The highest BCUT2D eigenvalue weighted by Crippen LogP contribution is 2.16. The molecular formula is C11H12IN3. The number of hydrogen-bond acceptors (Lipinski definition) is 2. The Kier molecular flexibility index (Phi) is 3.04. The molecule has 78 valence electrons. The van der Waals surface area contributed by atoms with E-state index in [0.717, 1.165) is 12.2 Å². The van der Waals surface area contributed by atoms with Gasteiger partial charge in [-0.15, -0.1) is 0 Å². The van der Waals surface area contributed by atoms with Gasteiger partial charge in [0.05, 0.1) is 15.8 Å². The Hall–Kier alpha value is -0.910. The number of pyridine rings is 1. The molecule has 0 aliphatic carbocycles. The Labute approximate surface area is 103 Å². The topological polar surface area (TPSA) is 30.7 Å². The van der Waals surface area contributed by atoms with Gasteiger partial charge in [-0.2, -0.15) is 5.10 Å². The predicted octanol–water partition coefficient (Wildman–Crippen LogP) is 2.55. The summed E-state index contributed by atoms with van der Waals surface area (Å²) in [7, 11) is 0. The zero-order valence-electron chi connectivity index (χ0n) is 8.74. The molecule has 0 spiro atoms. The van der Waals surface area contributed by atoms with Crippen molar-refractivity contribution in [3.05, 3.63) is 45.0 Å². The van der Waals surface area contributed by atoms with E-state index in [1.807, 2.05) is 23.9 Å². The van der Waals surface area contributed by atoms with Gasteiger partial charge in [-0.05, 0) is 48.1 Å². The summed E-state index contributed by atoms with van der Waals surface area (Å²) in [4.78, 5) is 4.10. The summed E-state index contributed by atoms with van der Waals surface area (Å²) in [6.07, 6.45) is 3.66. The van der Waals surface area contributed by atoms with Crippen LogP contribution in [0.1, 0.15) is 17.0 Å². The third kappa shape index (κ3) is 2.19. The van der Waals surface area contributed by atoms with E-state index in [1.165, 1.54) is 14.8 Å². The van der Waals surface area contributed by atoms with Crippen LogP contribution < -0.4 is 0 Å². The third-order valence-corrected chi connectivity index (χ3v) is 3.91. The summed E-state index contributed by atoms with van der Waals surface area (Å²) in [5, 5.41) is 4.49. The molecule has 2 aromatic rings. The van der Waals surface area contributed by atoms with Crippen molar-refractivity contribution in [1.82, 2.24) is 14.8 Å². The monoisotopic (exact) mass is 313 g/mol. The summed E-state index contributed by atoms with van der Waals surface area (Å²) < 4.78 is 3.27. The summed E-state index contributed by atoms with van der Waals surface area (Å²) >= 11 is 2.33. The van der Waals surface area contributed by atoms with Crippen molar-refractivity contribution < 1.29 is 0 Å². The van der Waals surface area contributed by atoms with Crippen molar-refractivity contribution in [2.24, 2.45) is 0 Å². The van der Waals surface area contributed by atoms with E-state index in [4.69, 9.17) is 0 Å². The summed E-state index contributed by atoms with van der Waals surface area (Å²) in [6, 6.07) is 4.02. The van der Waals surface area contributed by atoms with Gasteiger partial charge in [0.1, 0.15) is 0 Å². The molecule has 0 saturated carbocycles. The number of hydrogen-bond donors (Lipinski definition) is 0. The molecule has 15 heavy (non-hydrogen) atoms. The second-order valence-corrected chi connectivity index (χ2v) is 4.58. The Morgan fingerprint density at radius 2 is 2.20 bits per heavy atom. The first kappa shape index (κ1) is 10.6. The molecule has 3 nitrogen and oxygen atoms in total. The molecule has 0 amide bonds. The van der Waals surface area contributed by atoms with Crippen LogP contribution in [0.3, 0.4) is 0 Å². The van der Waals surface area contributed by atoms with Crippen LogP contribution in [0.15, 0.2) is 24.5 Å². The van der Waals surface area contributed by atoms with Crippen molar-refractivity contribution in [2.45, 2.75) is 20.4 Å². The van der Waals surface area contributed by atoms with Crippen LogP contribution >= 0.6 is 22.6 Å². The lowest BCUT2D eigenvalue weighted by atomic mass is 10.3. The molecule has 0 N–H and O–H groups in total. The first-order valence-electron chi connectivity index (χ1n) is 4.77. The molecule has 0 aromatic carbocycles. The smallest absolute Gasteiger partial charge is 0.0730 e. The van der Waals surface area contributed by atoms with Crippen molar-refractivity contribution in [2.75, 3.05) is 0 Å². The molecule has 0 fully saturated rings. The van der Waals surface area contributed by atoms with Crippen LogP contribution in [0.2, 0.25) is 0 Å². The maximum Gasteiger partial charge on any atom is 0.0730 e. The lowest BCUT2D eigenvalue weighted by Crippen LogP contribution is -2.04. The molecule has 0 saturated heterocycles. The van der Waals surface area contributed by atoms with Gasteiger partial charge in [0, 0.05) is 18.1 Å². The highest BCUT2D eigenvalue weighted by Gasteiger charge is 2.08. The van der Waals surface area contributed by atoms with Gasteiger partial charge in [0.25, 0.3) is 0 Å².